The van der Waals surface area contributed by atoms with Gasteiger partial charge >= 0.3 is 0 Å². The lowest BCUT2D eigenvalue weighted by atomic mass is 9.78. The van der Waals surface area contributed by atoms with Crippen LogP contribution in [0.3, 0.4) is 0 Å². The summed E-state index contributed by atoms with van der Waals surface area (Å²) in [6.07, 6.45) is 6.79. The number of carbonyl (C=O) groups excluding carboxylic acids is 1. The Labute approximate surface area is 169 Å². The fourth-order valence-electron chi connectivity index (χ4n) is 3.96. The Kier molecular flexibility index (Phi) is 5.88. The first-order valence-corrected chi connectivity index (χ1v) is 11.9. The van der Waals surface area contributed by atoms with Gasteiger partial charge in [0.05, 0.1) is 5.75 Å². The number of nitrogens with zero attached hydrogens (tertiary/aromatic N) is 3. The monoisotopic (exact) mass is 404 g/mol. The minimum atomic E-state index is 0.121. The normalized spacial score (nSPS) is 25.5. The van der Waals surface area contributed by atoms with E-state index in [2.05, 4.69) is 51.4 Å². The van der Waals surface area contributed by atoms with Gasteiger partial charge in [0.25, 0.3) is 0 Å². The molecule has 2 aliphatic carbocycles. The Balaban J connectivity index is 1.36. The van der Waals surface area contributed by atoms with Crippen molar-refractivity contribution < 1.29 is 4.79 Å². The number of thioether (sulfide) groups is 1. The zero-order valence-corrected chi connectivity index (χ0v) is 17.7. The van der Waals surface area contributed by atoms with Crippen LogP contribution in [-0.2, 0) is 11.2 Å². The maximum absolute atomic E-state index is 12.5. The molecule has 2 aromatic heterocycles. The summed E-state index contributed by atoms with van der Waals surface area (Å²) < 4.78 is 2.27. The largest absolute Gasteiger partial charge is 0.352 e. The van der Waals surface area contributed by atoms with Crippen molar-refractivity contribution in [2.24, 2.45) is 11.8 Å². The lowest BCUT2D eigenvalue weighted by molar-refractivity contribution is -0.120. The van der Waals surface area contributed by atoms with E-state index < -0.39 is 0 Å². The summed E-state index contributed by atoms with van der Waals surface area (Å²) in [4.78, 5) is 13.8. The standard InChI is InChI=1S/C20H28N4OS2/c1-13-5-3-7-17(14(13)2)21-19(25)12-27-20-23-22-18(24(20)15-8-9-15)11-16-6-4-10-26-16/h4,6,10,13-15,17H,3,5,7-9,11-12H2,1-2H3,(H,21,25)/t13-,14-,17+/m1/s1. The number of carbonyl (C=O) groups is 1. The lowest BCUT2D eigenvalue weighted by Gasteiger charge is -2.34. The molecule has 2 aromatic rings. The van der Waals surface area contributed by atoms with Crippen LogP contribution in [0.15, 0.2) is 22.7 Å². The van der Waals surface area contributed by atoms with E-state index >= 15 is 0 Å². The minimum absolute atomic E-state index is 0.121. The van der Waals surface area contributed by atoms with Crippen molar-refractivity contribution in [3.63, 3.8) is 0 Å². The molecule has 1 N–H and O–H groups in total. The van der Waals surface area contributed by atoms with Crippen molar-refractivity contribution in [1.29, 1.82) is 0 Å². The maximum Gasteiger partial charge on any atom is 0.230 e. The second-order valence-corrected chi connectivity index (χ2v) is 9.96. The van der Waals surface area contributed by atoms with E-state index in [1.165, 1.54) is 42.3 Å². The molecule has 2 aliphatic rings. The summed E-state index contributed by atoms with van der Waals surface area (Å²) >= 11 is 3.28. The molecule has 0 unspecified atom stereocenters. The highest BCUT2D eigenvalue weighted by molar-refractivity contribution is 7.99. The molecule has 0 spiro atoms. The van der Waals surface area contributed by atoms with Crippen LogP contribution in [0, 0.1) is 11.8 Å². The zero-order valence-electron chi connectivity index (χ0n) is 16.1. The first-order valence-electron chi connectivity index (χ1n) is 10.00. The predicted molar refractivity (Wildman–Crippen MR) is 110 cm³/mol. The molecular formula is C20H28N4OS2. The van der Waals surface area contributed by atoms with Gasteiger partial charge in [0.2, 0.25) is 5.91 Å². The molecule has 0 aliphatic heterocycles. The molecule has 5 nitrogen and oxygen atoms in total. The summed E-state index contributed by atoms with van der Waals surface area (Å²) in [5.41, 5.74) is 0. The molecule has 0 aromatic carbocycles. The molecule has 27 heavy (non-hydrogen) atoms. The van der Waals surface area contributed by atoms with Crippen LogP contribution in [0.25, 0.3) is 0 Å². The van der Waals surface area contributed by atoms with Crippen LogP contribution in [-0.4, -0.2) is 32.5 Å². The van der Waals surface area contributed by atoms with Crippen LogP contribution in [0.2, 0.25) is 0 Å². The summed E-state index contributed by atoms with van der Waals surface area (Å²) in [5, 5.41) is 15.1. The van der Waals surface area contributed by atoms with E-state index in [-0.39, 0.29) is 5.91 Å². The molecule has 0 saturated heterocycles. The first kappa shape index (κ1) is 19.0. The number of hydrogen-bond acceptors (Lipinski definition) is 5. The quantitative estimate of drug-likeness (QED) is 0.699. The van der Waals surface area contributed by atoms with Gasteiger partial charge in [-0.05, 0) is 42.5 Å². The minimum Gasteiger partial charge on any atom is -0.352 e. The Morgan fingerprint density at radius 3 is 2.89 bits per heavy atom. The third kappa shape index (κ3) is 4.57. The average molecular weight is 405 g/mol. The van der Waals surface area contributed by atoms with Gasteiger partial charge in [-0.2, -0.15) is 0 Å². The fourth-order valence-corrected chi connectivity index (χ4v) is 5.50. The smallest absolute Gasteiger partial charge is 0.230 e. The summed E-state index contributed by atoms with van der Waals surface area (Å²) in [6, 6.07) is 5.05. The van der Waals surface area contributed by atoms with Crippen molar-refractivity contribution in [2.75, 3.05) is 5.75 Å². The van der Waals surface area contributed by atoms with Gasteiger partial charge in [-0.1, -0.05) is 44.5 Å². The Bertz CT molecular complexity index is 769. The number of amides is 1. The fraction of sp³-hybridized carbons (Fsp3) is 0.650. The van der Waals surface area contributed by atoms with E-state index in [0.29, 0.717) is 29.7 Å². The first-order chi connectivity index (χ1) is 13.1. The highest BCUT2D eigenvalue weighted by Crippen LogP contribution is 2.39. The van der Waals surface area contributed by atoms with Crippen LogP contribution < -0.4 is 5.32 Å². The molecule has 0 bridgehead atoms. The van der Waals surface area contributed by atoms with E-state index in [1.54, 1.807) is 11.3 Å². The van der Waals surface area contributed by atoms with E-state index in [0.717, 1.165) is 23.8 Å². The Hall–Kier alpha value is -1.34. The van der Waals surface area contributed by atoms with Crippen LogP contribution in [0.5, 0.6) is 0 Å². The van der Waals surface area contributed by atoms with Gasteiger partial charge in [-0.25, -0.2) is 0 Å². The summed E-state index contributed by atoms with van der Waals surface area (Å²) in [7, 11) is 0. The number of nitrogens with one attached hydrogen (secondary N) is 1. The molecule has 0 radical (unpaired) electrons. The van der Waals surface area contributed by atoms with Crippen LogP contribution in [0.1, 0.15) is 62.7 Å². The van der Waals surface area contributed by atoms with Crippen molar-refractivity contribution in [1.82, 2.24) is 20.1 Å². The number of aromatic nitrogens is 3. The summed E-state index contributed by atoms with van der Waals surface area (Å²) in [6.45, 7) is 4.56. The average Bonchev–Trinajstić information content (AvgIpc) is 3.20. The van der Waals surface area contributed by atoms with Crippen molar-refractivity contribution in [2.45, 2.75) is 69.6 Å². The van der Waals surface area contributed by atoms with Crippen molar-refractivity contribution in [3.8, 4) is 0 Å². The third-order valence-corrected chi connectivity index (χ3v) is 7.76. The van der Waals surface area contributed by atoms with Gasteiger partial charge in [-0.3, -0.25) is 4.79 Å². The number of thiophene rings is 1. The molecule has 2 fully saturated rings. The van der Waals surface area contributed by atoms with Gasteiger partial charge < -0.3 is 9.88 Å². The SMILES string of the molecule is C[C@@H]1[C@H](C)CCC[C@@H]1NC(=O)CSc1nnc(Cc2cccs2)n1C1CC1. The van der Waals surface area contributed by atoms with Gasteiger partial charge in [-0.15, -0.1) is 21.5 Å². The van der Waals surface area contributed by atoms with E-state index in [9.17, 15) is 4.79 Å². The molecule has 1 amide bonds. The molecule has 7 heteroatoms. The molecule has 2 heterocycles. The van der Waals surface area contributed by atoms with Crippen molar-refractivity contribution in [3.05, 3.63) is 28.2 Å². The van der Waals surface area contributed by atoms with Crippen LogP contribution >= 0.6 is 23.1 Å². The highest BCUT2D eigenvalue weighted by atomic mass is 32.2. The molecular weight excluding hydrogens is 376 g/mol. The molecule has 3 atom stereocenters. The van der Waals surface area contributed by atoms with Gasteiger partial charge in [0.15, 0.2) is 5.16 Å². The van der Waals surface area contributed by atoms with Crippen LogP contribution in [0.4, 0.5) is 0 Å². The molecule has 146 valence electrons. The Morgan fingerprint density at radius 1 is 1.30 bits per heavy atom. The van der Waals surface area contributed by atoms with Gasteiger partial charge in [0.1, 0.15) is 5.82 Å². The molecule has 4 rings (SSSR count). The second kappa shape index (κ2) is 8.35. The molecule has 2 saturated carbocycles. The lowest BCUT2D eigenvalue weighted by Crippen LogP contribution is -2.44. The Morgan fingerprint density at radius 2 is 2.15 bits per heavy atom. The topological polar surface area (TPSA) is 59.8 Å². The number of hydrogen-bond donors (Lipinski definition) is 1. The summed E-state index contributed by atoms with van der Waals surface area (Å²) in [5.74, 6) is 2.81. The van der Waals surface area contributed by atoms with E-state index in [1.807, 2.05) is 0 Å². The predicted octanol–water partition coefficient (Wildman–Crippen LogP) is 4.30. The second-order valence-electron chi connectivity index (χ2n) is 7.99. The third-order valence-electron chi connectivity index (χ3n) is 5.95. The zero-order chi connectivity index (χ0) is 18.8. The van der Waals surface area contributed by atoms with E-state index in [4.69, 9.17) is 0 Å². The van der Waals surface area contributed by atoms with Gasteiger partial charge in [0, 0.05) is 23.4 Å². The maximum atomic E-state index is 12.5. The van der Waals surface area contributed by atoms with Crippen molar-refractivity contribution >= 4 is 29.0 Å². The number of rotatable bonds is 7. The highest BCUT2D eigenvalue weighted by Gasteiger charge is 2.31.